The maximum atomic E-state index is 13.0. The minimum atomic E-state index is -4.47. The first kappa shape index (κ1) is 18.3. The number of rotatable bonds is 3. The highest BCUT2D eigenvalue weighted by molar-refractivity contribution is 5.93. The molecule has 1 N–H and O–H groups in total. The van der Waals surface area contributed by atoms with Gasteiger partial charge in [-0.25, -0.2) is 9.97 Å². The zero-order valence-electron chi connectivity index (χ0n) is 15.0. The summed E-state index contributed by atoms with van der Waals surface area (Å²) >= 11 is 0. The van der Waals surface area contributed by atoms with Gasteiger partial charge >= 0.3 is 6.18 Å². The number of aromatic nitrogens is 4. The van der Waals surface area contributed by atoms with Crippen molar-refractivity contribution in [3.05, 3.63) is 47.9 Å². The van der Waals surface area contributed by atoms with E-state index in [1.807, 2.05) is 0 Å². The number of nitrogens with zero attached hydrogens (tertiary/aromatic N) is 4. The smallest absolute Gasteiger partial charge is 0.432 e. The number of ether oxygens (including phenoxy) is 1. The summed E-state index contributed by atoms with van der Waals surface area (Å²) in [5.41, 5.74) is 0.104. The number of imidazole rings is 2. The number of carbonyl (C=O) groups excluding carboxylic acids is 1. The van der Waals surface area contributed by atoms with Gasteiger partial charge < -0.3 is 14.6 Å². The van der Waals surface area contributed by atoms with E-state index in [2.05, 4.69) is 15.0 Å². The molecule has 1 saturated heterocycles. The molecule has 10 heteroatoms. The van der Waals surface area contributed by atoms with Gasteiger partial charge in [-0.3, -0.25) is 9.20 Å². The van der Waals surface area contributed by atoms with E-state index >= 15 is 0 Å². The number of nitrogens with one attached hydrogen (secondary N) is 1. The van der Waals surface area contributed by atoms with E-state index in [0.717, 1.165) is 6.20 Å². The van der Waals surface area contributed by atoms with Crippen molar-refractivity contribution >= 4 is 11.6 Å². The van der Waals surface area contributed by atoms with Crippen LogP contribution in [0.5, 0.6) is 5.75 Å². The van der Waals surface area contributed by atoms with Crippen molar-refractivity contribution in [2.75, 3.05) is 20.2 Å². The summed E-state index contributed by atoms with van der Waals surface area (Å²) < 4.78 is 45.2. The molecule has 4 heterocycles. The maximum Gasteiger partial charge on any atom is 0.432 e. The number of likely N-dealkylation sites (tertiary alicyclic amines) is 1. The number of methoxy groups -OCH3 is 1. The van der Waals surface area contributed by atoms with Crippen LogP contribution < -0.4 is 4.74 Å². The minimum absolute atomic E-state index is 0.218. The number of carbonyl (C=O) groups is 1. The number of H-pyrrole nitrogens is 1. The molecule has 7 nitrogen and oxygen atoms in total. The summed E-state index contributed by atoms with van der Waals surface area (Å²) in [6.07, 6.45) is 0.885. The molecule has 1 atom stereocenters. The van der Waals surface area contributed by atoms with Crippen LogP contribution in [0.4, 0.5) is 13.2 Å². The second kappa shape index (κ2) is 6.84. The van der Waals surface area contributed by atoms with Crippen molar-refractivity contribution in [1.29, 1.82) is 0 Å². The summed E-state index contributed by atoms with van der Waals surface area (Å²) in [6, 6.07) is 3.45. The summed E-state index contributed by atoms with van der Waals surface area (Å²) in [5.74, 6) is 0.402. The first-order chi connectivity index (χ1) is 13.4. The lowest BCUT2D eigenvalue weighted by Crippen LogP contribution is -2.39. The van der Waals surface area contributed by atoms with Crippen LogP contribution in [0.2, 0.25) is 0 Å². The fourth-order valence-corrected chi connectivity index (χ4v) is 3.48. The van der Waals surface area contributed by atoms with E-state index in [9.17, 15) is 18.0 Å². The average molecular weight is 393 g/mol. The monoisotopic (exact) mass is 393 g/mol. The van der Waals surface area contributed by atoms with Crippen LogP contribution >= 0.6 is 0 Å². The van der Waals surface area contributed by atoms with Gasteiger partial charge in [0.05, 0.1) is 19.5 Å². The second-order valence-corrected chi connectivity index (χ2v) is 6.71. The van der Waals surface area contributed by atoms with Gasteiger partial charge in [0, 0.05) is 31.3 Å². The Balaban J connectivity index is 1.55. The van der Waals surface area contributed by atoms with Gasteiger partial charge in [-0.15, -0.1) is 0 Å². The van der Waals surface area contributed by atoms with E-state index < -0.39 is 11.9 Å². The Bertz CT molecular complexity index is 1010. The highest BCUT2D eigenvalue weighted by Gasteiger charge is 2.35. The van der Waals surface area contributed by atoms with Crippen LogP contribution in [0.25, 0.3) is 5.65 Å². The molecule has 1 fully saturated rings. The van der Waals surface area contributed by atoms with Crippen LogP contribution in [0.1, 0.15) is 40.8 Å². The van der Waals surface area contributed by atoms with Gasteiger partial charge in [0.2, 0.25) is 0 Å². The van der Waals surface area contributed by atoms with Gasteiger partial charge in [-0.05, 0) is 18.9 Å². The van der Waals surface area contributed by atoms with Crippen LogP contribution in [-0.2, 0) is 6.18 Å². The fraction of sp³-hybridized carbons (Fsp3) is 0.389. The molecule has 4 rings (SSSR count). The molecular formula is C18H18F3N5O2. The van der Waals surface area contributed by atoms with Crippen LogP contribution in [0, 0.1) is 0 Å². The zero-order valence-corrected chi connectivity index (χ0v) is 15.0. The molecule has 3 aromatic rings. The summed E-state index contributed by atoms with van der Waals surface area (Å²) in [6.45, 7) is 0.832. The number of hydrogen-bond acceptors (Lipinski definition) is 4. The Labute approximate surface area is 158 Å². The third-order valence-electron chi connectivity index (χ3n) is 4.94. The fourth-order valence-electron chi connectivity index (χ4n) is 3.48. The van der Waals surface area contributed by atoms with E-state index in [1.165, 1.54) is 6.20 Å². The first-order valence-electron chi connectivity index (χ1n) is 8.79. The average Bonchev–Trinajstić information content (AvgIpc) is 3.34. The minimum Gasteiger partial charge on any atom is -0.497 e. The Hall–Kier alpha value is -3.04. The molecule has 0 bridgehead atoms. The lowest BCUT2D eigenvalue weighted by Gasteiger charge is -2.31. The van der Waals surface area contributed by atoms with Crippen LogP contribution in [0.3, 0.4) is 0 Å². The van der Waals surface area contributed by atoms with E-state index in [4.69, 9.17) is 4.74 Å². The largest absolute Gasteiger partial charge is 0.497 e. The molecule has 28 heavy (non-hydrogen) atoms. The molecule has 1 aliphatic heterocycles. The van der Waals surface area contributed by atoms with Crippen molar-refractivity contribution in [2.45, 2.75) is 24.9 Å². The van der Waals surface area contributed by atoms with Crippen molar-refractivity contribution in [3.63, 3.8) is 0 Å². The van der Waals surface area contributed by atoms with Crippen molar-refractivity contribution < 1.29 is 22.7 Å². The first-order valence-corrected chi connectivity index (χ1v) is 8.79. The van der Waals surface area contributed by atoms with E-state index in [1.54, 1.807) is 34.7 Å². The SMILES string of the molecule is COc1ccn2c(C(=O)N3CCC[C@@H](c4ncc(C(F)(F)F)[nH]4)C3)cnc2c1. The summed E-state index contributed by atoms with van der Waals surface area (Å²) in [4.78, 5) is 25.1. The Morgan fingerprint density at radius 3 is 2.86 bits per heavy atom. The predicted molar refractivity (Wildman–Crippen MR) is 93.2 cm³/mol. The molecule has 148 valence electrons. The topological polar surface area (TPSA) is 75.5 Å². The Morgan fingerprint density at radius 2 is 2.14 bits per heavy atom. The summed E-state index contributed by atoms with van der Waals surface area (Å²) in [5, 5.41) is 0. The van der Waals surface area contributed by atoms with Crippen molar-refractivity contribution in [1.82, 2.24) is 24.3 Å². The number of piperidine rings is 1. The standard InChI is InChI=1S/C18H18F3N5O2/c1-28-12-4-6-26-13(8-22-15(26)7-12)17(27)25-5-2-3-11(10-25)16-23-9-14(24-16)18(19,20)21/h4,6-9,11H,2-3,5,10H2,1H3,(H,23,24)/t11-/m1/s1. The van der Waals surface area contributed by atoms with Crippen molar-refractivity contribution in [3.8, 4) is 5.75 Å². The molecule has 3 aromatic heterocycles. The van der Waals surface area contributed by atoms with Crippen LogP contribution in [0.15, 0.2) is 30.7 Å². The zero-order chi connectivity index (χ0) is 19.9. The lowest BCUT2D eigenvalue weighted by molar-refractivity contribution is -0.141. The predicted octanol–water partition coefficient (Wildman–Crippen LogP) is 3.10. The highest BCUT2D eigenvalue weighted by atomic mass is 19.4. The number of pyridine rings is 1. The van der Waals surface area contributed by atoms with Gasteiger partial charge in [-0.2, -0.15) is 13.2 Å². The number of amides is 1. The third-order valence-corrected chi connectivity index (χ3v) is 4.94. The molecule has 0 unspecified atom stereocenters. The molecule has 0 radical (unpaired) electrons. The van der Waals surface area contributed by atoms with E-state index in [-0.39, 0.29) is 17.6 Å². The number of halogens is 3. The second-order valence-electron chi connectivity index (χ2n) is 6.71. The Kier molecular flexibility index (Phi) is 4.48. The normalized spacial score (nSPS) is 17.9. The Morgan fingerprint density at radius 1 is 1.32 bits per heavy atom. The maximum absolute atomic E-state index is 13.0. The molecule has 0 aliphatic carbocycles. The summed E-state index contributed by atoms with van der Waals surface area (Å²) in [7, 11) is 1.55. The van der Waals surface area contributed by atoms with Crippen molar-refractivity contribution in [2.24, 2.45) is 0 Å². The number of fused-ring (bicyclic) bond motifs is 1. The van der Waals surface area contributed by atoms with Crippen LogP contribution in [-0.4, -0.2) is 50.4 Å². The van der Waals surface area contributed by atoms with Gasteiger partial charge in [-0.1, -0.05) is 0 Å². The van der Waals surface area contributed by atoms with Gasteiger partial charge in [0.25, 0.3) is 5.91 Å². The molecule has 1 aliphatic rings. The number of aromatic amines is 1. The number of hydrogen-bond donors (Lipinski definition) is 1. The molecule has 0 aromatic carbocycles. The molecule has 0 saturated carbocycles. The molecule has 0 spiro atoms. The molecular weight excluding hydrogens is 375 g/mol. The molecule has 1 amide bonds. The quantitative estimate of drug-likeness (QED) is 0.742. The van der Waals surface area contributed by atoms with Gasteiger partial charge in [0.1, 0.15) is 28.6 Å². The van der Waals surface area contributed by atoms with Gasteiger partial charge in [0.15, 0.2) is 0 Å². The third kappa shape index (κ3) is 3.30. The highest BCUT2D eigenvalue weighted by Crippen LogP contribution is 2.31. The lowest BCUT2D eigenvalue weighted by atomic mass is 9.97. The van der Waals surface area contributed by atoms with E-state index in [0.29, 0.717) is 43.0 Å². The number of alkyl halides is 3.